The van der Waals surface area contributed by atoms with Gasteiger partial charge < -0.3 is 5.32 Å². The fourth-order valence-electron chi connectivity index (χ4n) is 2.66. The topological polar surface area (TPSA) is 15.3 Å². The quantitative estimate of drug-likeness (QED) is 0.542. The summed E-state index contributed by atoms with van der Waals surface area (Å²) in [5, 5.41) is 3.42. The van der Waals surface area contributed by atoms with Gasteiger partial charge in [-0.15, -0.1) is 0 Å². The van der Waals surface area contributed by atoms with Gasteiger partial charge in [0, 0.05) is 19.1 Å². The Hall–Kier alpha value is -0.340. The monoisotopic (exact) mass is 238 g/mol. The van der Waals surface area contributed by atoms with Crippen LogP contribution in [0, 0.1) is 5.92 Å². The van der Waals surface area contributed by atoms with Crippen LogP contribution in [0.3, 0.4) is 0 Å². The molecule has 0 atom stereocenters. The summed E-state index contributed by atoms with van der Waals surface area (Å²) in [6, 6.07) is 0.786. The number of hydrogen-bond acceptors (Lipinski definition) is 2. The number of hydrogen-bond donors (Lipinski definition) is 1. The number of likely N-dealkylation sites (N-methyl/N-ethyl adjacent to an activating group) is 1. The molecule has 0 unspecified atom stereocenters. The van der Waals surface area contributed by atoms with Crippen LogP contribution < -0.4 is 5.32 Å². The van der Waals surface area contributed by atoms with E-state index in [2.05, 4.69) is 37.7 Å². The minimum Gasteiger partial charge on any atom is -0.313 e. The molecule has 0 aromatic carbocycles. The van der Waals surface area contributed by atoms with E-state index in [1.54, 1.807) is 0 Å². The molecular formula is C15H30N2. The second-order valence-corrected chi connectivity index (χ2v) is 5.76. The average molecular weight is 238 g/mol. The Bertz CT molecular complexity index is 217. The van der Waals surface area contributed by atoms with Gasteiger partial charge in [-0.05, 0) is 57.2 Å². The van der Waals surface area contributed by atoms with Crippen molar-refractivity contribution < 1.29 is 0 Å². The summed E-state index contributed by atoms with van der Waals surface area (Å²) in [7, 11) is 2.26. The van der Waals surface area contributed by atoms with Gasteiger partial charge >= 0.3 is 0 Å². The van der Waals surface area contributed by atoms with E-state index in [4.69, 9.17) is 0 Å². The summed E-state index contributed by atoms with van der Waals surface area (Å²) in [4.78, 5) is 2.50. The third kappa shape index (κ3) is 5.69. The van der Waals surface area contributed by atoms with Gasteiger partial charge in [-0.2, -0.15) is 0 Å². The number of nitrogens with zero attached hydrogens (tertiary/aromatic N) is 1. The van der Waals surface area contributed by atoms with Gasteiger partial charge in [-0.1, -0.05) is 20.4 Å². The Morgan fingerprint density at radius 3 is 2.53 bits per heavy atom. The molecule has 2 heteroatoms. The van der Waals surface area contributed by atoms with Gasteiger partial charge in [0.15, 0.2) is 0 Å². The highest BCUT2D eigenvalue weighted by molar-refractivity contribution is 5.00. The first-order chi connectivity index (χ1) is 8.13. The van der Waals surface area contributed by atoms with Gasteiger partial charge in [0.05, 0.1) is 0 Å². The summed E-state index contributed by atoms with van der Waals surface area (Å²) in [6.45, 7) is 11.9. The summed E-state index contributed by atoms with van der Waals surface area (Å²) in [5.41, 5.74) is 1.32. The van der Waals surface area contributed by atoms with Crippen LogP contribution in [0.2, 0.25) is 0 Å². The Morgan fingerprint density at radius 2 is 1.94 bits per heavy atom. The van der Waals surface area contributed by atoms with Crippen molar-refractivity contribution in [3.05, 3.63) is 12.2 Å². The third-order valence-corrected chi connectivity index (χ3v) is 3.88. The Kier molecular flexibility index (Phi) is 6.83. The molecule has 0 bridgehead atoms. The Balaban J connectivity index is 2.19. The molecule has 0 aromatic rings. The van der Waals surface area contributed by atoms with Crippen molar-refractivity contribution in [1.29, 1.82) is 0 Å². The van der Waals surface area contributed by atoms with Crippen molar-refractivity contribution in [3.63, 3.8) is 0 Å². The second kappa shape index (κ2) is 7.88. The fourth-order valence-corrected chi connectivity index (χ4v) is 2.66. The first-order valence-electron chi connectivity index (χ1n) is 7.21. The lowest BCUT2D eigenvalue weighted by atomic mass is 9.86. The third-order valence-electron chi connectivity index (χ3n) is 3.88. The molecule has 1 fully saturated rings. The van der Waals surface area contributed by atoms with Crippen LogP contribution in [0.4, 0.5) is 0 Å². The van der Waals surface area contributed by atoms with E-state index in [9.17, 15) is 0 Å². The molecule has 1 aliphatic rings. The van der Waals surface area contributed by atoms with E-state index < -0.39 is 0 Å². The predicted molar refractivity (Wildman–Crippen MR) is 76.4 cm³/mol. The normalized spacial score (nSPS) is 25.2. The van der Waals surface area contributed by atoms with Crippen LogP contribution in [0.15, 0.2) is 12.2 Å². The van der Waals surface area contributed by atoms with E-state index in [1.807, 2.05) is 0 Å². The molecule has 1 N–H and O–H groups in total. The molecule has 0 saturated heterocycles. The van der Waals surface area contributed by atoms with E-state index in [0.29, 0.717) is 0 Å². The zero-order chi connectivity index (χ0) is 12.7. The molecule has 1 saturated carbocycles. The standard InChI is InChI=1S/C15H30N2/c1-5-10-16-11-14(3)12-17(4)15-8-6-13(2)7-9-15/h13,15-16H,3,5-12H2,1-2,4H3. The second-order valence-electron chi connectivity index (χ2n) is 5.76. The highest BCUT2D eigenvalue weighted by Crippen LogP contribution is 2.26. The van der Waals surface area contributed by atoms with Crippen molar-refractivity contribution in [3.8, 4) is 0 Å². The largest absolute Gasteiger partial charge is 0.313 e. The lowest BCUT2D eigenvalue weighted by Crippen LogP contribution is -2.37. The number of nitrogens with one attached hydrogen (secondary N) is 1. The van der Waals surface area contributed by atoms with E-state index in [-0.39, 0.29) is 0 Å². The van der Waals surface area contributed by atoms with Crippen molar-refractivity contribution >= 4 is 0 Å². The zero-order valence-corrected chi connectivity index (χ0v) is 12.0. The summed E-state index contributed by atoms with van der Waals surface area (Å²) in [5.74, 6) is 0.939. The maximum atomic E-state index is 4.17. The zero-order valence-electron chi connectivity index (χ0n) is 12.0. The van der Waals surface area contributed by atoms with Crippen molar-refractivity contribution in [2.24, 2.45) is 5.92 Å². The highest BCUT2D eigenvalue weighted by atomic mass is 15.1. The van der Waals surface area contributed by atoms with Crippen molar-refractivity contribution in [2.75, 3.05) is 26.7 Å². The molecule has 0 spiro atoms. The molecular weight excluding hydrogens is 208 g/mol. The fraction of sp³-hybridized carbons (Fsp3) is 0.867. The summed E-state index contributed by atoms with van der Waals surface area (Å²) >= 11 is 0. The molecule has 1 aliphatic carbocycles. The van der Waals surface area contributed by atoms with Crippen molar-refractivity contribution in [1.82, 2.24) is 10.2 Å². The molecule has 100 valence electrons. The summed E-state index contributed by atoms with van der Waals surface area (Å²) in [6.07, 6.45) is 6.73. The van der Waals surface area contributed by atoms with Gasteiger partial charge in [-0.3, -0.25) is 4.90 Å². The molecule has 1 rings (SSSR count). The van der Waals surface area contributed by atoms with Crippen molar-refractivity contribution in [2.45, 2.75) is 52.0 Å². The van der Waals surface area contributed by atoms with Crippen LogP contribution in [-0.2, 0) is 0 Å². The van der Waals surface area contributed by atoms with Crippen LogP contribution in [0.25, 0.3) is 0 Å². The van der Waals surface area contributed by atoms with E-state index >= 15 is 0 Å². The summed E-state index contributed by atoms with van der Waals surface area (Å²) < 4.78 is 0. The van der Waals surface area contributed by atoms with Crippen LogP contribution in [0.1, 0.15) is 46.0 Å². The molecule has 17 heavy (non-hydrogen) atoms. The van der Waals surface area contributed by atoms with E-state index in [0.717, 1.165) is 31.6 Å². The maximum Gasteiger partial charge on any atom is 0.0202 e. The van der Waals surface area contributed by atoms with Gasteiger partial charge in [-0.25, -0.2) is 0 Å². The van der Waals surface area contributed by atoms with Gasteiger partial charge in [0.25, 0.3) is 0 Å². The molecule has 0 aliphatic heterocycles. The molecule has 0 radical (unpaired) electrons. The van der Waals surface area contributed by atoms with Gasteiger partial charge in [0.2, 0.25) is 0 Å². The number of rotatable bonds is 7. The van der Waals surface area contributed by atoms with Crippen LogP contribution >= 0.6 is 0 Å². The van der Waals surface area contributed by atoms with Crippen LogP contribution in [-0.4, -0.2) is 37.6 Å². The smallest absolute Gasteiger partial charge is 0.0202 e. The molecule has 0 heterocycles. The average Bonchev–Trinajstić information content (AvgIpc) is 2.30. The maximum absolute atomic E-state index is 4.17. The lowest BCUT2D eigenvalue weighted by molar-refractivity contribution is 0.181. The highest BCUT2D eigenvalue weighted by Gasteiger charge is 2.21. The molecule has 2 nitrogen and oxygen atoms in total. The predicted octanol–water partition coefficient (Wildman–Crippen LogP) is 3.05. The first kappa shape index (κ1) is 14.7. The SMILES string of the molecule is C=C(CNCCC)CN(C)C1CCC(C)CC1. The van der Waals surface area contributed by atoms with Crippen LogP contribution in [0.5, 0.6) is 0 Å². The minimum absolute atomic E-state index is 0.786. The first-order valence-corrected chi connectivity index (χ1v) is 7.21. The molecule has 0 amide bonds. The van der Waals surface area contributed by atoms with E-state index in [1.165, 1.54) is 37.7 Å². The Morgan fingerprint density at radius 1 is 1.29 bits per heavy atom. The minimum atomic E-state index is 0.786. The van der Waals surface area contributed by atoms with Gasteiger partial charge in [0.1, 0.15) is 0 Å². The molecule has 0 aromatic heterocycles. The lowest BCUT2D eigenvalue weighted by Gasteiger charge is -2.34. The Labute approximate surface area is 107 Å².